The van der Waals surface area contributed by atoms with Crippen LogP contribution in [0.2, 0.25) is 0 Å². The first kappa shape index (κ1) is 9.95. The van der Waals surface area contributed by atoms with E-state index in [1.165, 1.54) is 19.2 Å². The molecule has 0 amide bonds. The molecule has 0 fully saturated rings. The van der Waals surface area contributed by atoms with Crippen LogP contribution in [-0.2, 0) is 0 Å². The van der Waals surface area contributed by atoms with E-state index in [0.29, 0.717) is 11.3 Å². The van der Waals surface area contributed by atoms with E-state index in [9.17, 15) is 4.39 Å². The van der Waals surface area contributed by atoms with Crippen LogP contribution in [-0.4, -0.2) is 18.8 Å². The van der Waals surface area contributed by atoms with Crippen molar-refractivity contribution in [1.82, 2.24) is 0 Å². The predicted octanol–water partition coefficient (Wildman–Crippen LogP) is 0.110. The van der Waals surface area contributed by atoms with Crippen LogP contribution >= 0.6 is 0 Å². The molecule has 0 saturated carbocycles. The zero-order valence-electron chi connectivity index (χ0n) is 7.46. The zero-order chi connectivity index (χ0) is 9.84. The van der Waals surface area contributed by atoms with Crippen LogP contribution in [0.4, 0.5) is 4.39 Å². The molecular formula is C9H13FNO2+. The van der Waals surface area contributed by atoms with Crippen molar-refractivity contribution in [1.29, 1.82) is 0 Å². The Balaban J connectivity index is 3.01. The number of ether oxygens (including phenoxy) is 1. The molecule has 1 rings (SSSR count). The first-order valence-corrected chi connectivity index (χ1v) is 3.95. The van der Waals surface area contributed by atoms with Crippen LogP contribution in [0.1, 0.15) is 11.6 Å². The van der Waals surface area contributed by atoms with E-state index >= 15 is 0 Å². The number of rotatable bonds is 3. The molecular weight excluding hydrogens is 173 g/mol. The largest absolute Gasteiger partial charge is 0.497 e. The topological polar surface area (TPSA) is 57.1 Å². The van der Waals surface area contributed by atoms with E-state index in [0.717, 1.165) is 0 Å². The van der Waals surface area contributed by atoms with Crippen LogP contribution < -0.4 is 10.5 Å². The number of halogens is 1. The molecule has 0 radical (unpaired) electrons. The van der Waals surface area contributed by atoms with E-state index in [2.05, 4.69) is 5.73 Å². The highest BCUT2D eigenvalue weighted by Crippen LogP contribution is 2.18. The van der Waals surface area contributed by atoms with Gasteiger partial charge in [-0.1, -0.05) is 0 Å². The first-order valence-electron chi connectivity index (χ1n) is 3.95. The number of benzene rings is 1. The minimum Gasteiger partial charge on any atom is -0.497 e. The molecule has 0 bridgehead atoms. The normalized spacial score (nSPS) is 12.6. The van der Waals surface area contributed by atoms with Gasteiger partial charge in [0.25, 0.3) is 0 Å². The number of aliphatic hydroxyl groups excluding tert-OH is 1. The van der Waals surface area contributed by atoms with Crippen molar-refractivity contribution in [3.05, 3.63) is 29.6 Å². The molecule has 3 nitrogen and oxygen atoms in total. The molecule has 13 heavy (non-hydrogen) atoms. The highest BCUT2D eigenvalue weighted by atomic mass is 19.1. The molecule has 72 valence electrons. The second-order valence-corrected chi connectivity index (χ2v) is 2.80. The van der Waals surface area contributed by atoms with Gasteiger partial charge in [0, 0.05) is 11.6 Å². The van der Waals surface area contributed by atoms with Crippen molar-refractivity contribution in [2.45, 2.75) is 6.04 Å². The van der Waals surface area contributed by atoms with E-state index in [1.54, 1.807) is 6.07 Å². The molecule has 0 saturated heterocycles. The lowest BCUT2D eigenvalue weighted by Gasteiger charge is -2.07. The summed E-state index contributed by atoms with van der Waals surface area (Å²) in [6, 6.07) is 3.98. The number of hydrogen-bond donors (Lipinski definition) is 2. The number of methoxy groups -OCH3 is 1. The smallest absolute Gasteiger partial charge is 0.134 e. The van der Waals surface area contributed by atoms with E-state index in [4.69, 9.17) is 9.84 Å². The summed E-state index contributed by atoms with van der Waals surface area (Å²) in [5.74, 6) is 0.0635. The Hall–Kier alpha value is -1.13. The van der Waals surface area contributed by atoms with Gasteiger partial charge in [-0.25, -0.2) is 4.39 Å². The van der Waals surface area contributed by atoms with Gasteiger partial charge in [0.1, 0.15) is 17.6 Å². The molecule has 1 atom stereocenters. The van der Waals surface area contributed by atoms with Crippen molar-refractivity contribution < 1.29 is 20.0 Å². The van der Waals surface area contributed by atoms with E-state index in [1.807, 2.05) is 0 Å². The van der Waals surface area contributed by atoms with Crippen molar-refractivity contribution in [2.24, 2.45) is 0 Å². The third-order valence-corrected chi connectivity index (χ3v) is 1.82. The molecule has 0 heterocycles. The Morgan fingerprint density at radius 3 is 2.77 bits per heavy atom. The second kappa shape index (κ2) is 4.20. The molecule has 0 unspecified atom stereocenters. The molecule has 0 aliphatic carbocycles. The summed E-state index contributed by atoms with van der Waals surface area (Å²) in [4.78, 5) is 0. The Morgan fingerprint density at radius 1 is 1.54 bits per heavy atom. The maximum Gasteiger partial charge on any atom is 0.134 e. The number of aliphatic hydroxyl groups is 1. The summed E-state index contributed by atoms with van der Waals surface area (Å²) in [5, 5.41) is 8.82. The summed E-state index contributed by atoms with van der Waals surface area (Å²) in [6.45, 7) is -0.105. The van der Waals surface area contributed by atoms with Crippen molar-refractivity contribution >= 4 is 0 Å². The third-order valence-electron chi connectivity index (χ3n) is 1.82. The lowest BCUT2D eigenvalue weighted by Crippen LogP contribution is -2.55. The van der Waals surface area contributed by atoms with Crippen LogP contribution in [0.15, 0.2) is 18.2 Å². The highest BCUT2D eigenvalue weighted by molar-refractivity contribution is 5.30. The van der Waals surface area contributed by atoms with Gasteiger partial charge in [-0.15, -0.1) is 0 Å². The average molecular weight is 186 g/mol. The Bertz CT molecular complexity index is 291. The molecule has 1 aromatic rings. The summed E-state index contributed by atoms with van der Waals surface area (Å²) < 4.78 is 17.8. The fraction of sp³-hybridized carbons (Fsp3) is 0.333. The lowest BCUT2D eigenvalue weighted by molar-refractivity contribution is -0.432. The Kier molecular flexibility index (Phi) is 3.22. The molecule has 0 aromatic heterocycles. The van der Waals surface area contributed by atoms with Crippen molar-refractivity contribution in [3.8, 4) is 5.75 Å². The fourth-order valence-electron chi connectivity index (χ4n) is 1.04. The van der Waals surface area contributed by atoms with Crippen LogP contribution in [0.3, 0.4) is 0 Å². The summed E-state index contributed by atoms with van der Waals surface area (Å²) in [7, 11) is 1.47. The minimum absolute atomic E-state index is 0.105. The molecule has 1 aromatic carbocycles. The van der Waals surface area contributed by atoms with Gasteiger partial charge in [0.2, 0.25) is 0 Å². The van der Waals surface area contributed by atoms with Crippen LogP contribution in [0.5, 0.6) is 5.75 Å². The SMILES string of the molecule is COc1cc(F)cc([C@H]([NH3+])CO)c1. The van der Waals surface area contributed by atoms with Gasteiger partial charge in [-0.3, -0.25) is 0 Å². The molecule has 0 aliphatic heterocycles. The maximum atomic E-state index is 12.9. The van der Waals surface area contributed by atoms with Crippen LogP contribution in [0, 0.1) is 5.82 Å². The average Bonchev–Trinajstić information content (AvgIpc) is 2.15. The standard InChI is InChI=1S/C9H12FNO2/c1-13-8-3-6(9(11)5-12)2-7(10)4-8/h2-4,9,12H,5,11H2,1H3/p+1/t9-/m1/s1. The zero-order valence-corrected chi connectivity index (χ0v) is 7.46. The molecule has 0 spiro atoms. The Morgan fingerprint density at radius 2 is 2.23 bits per heavy atom. The summed E-state index contributed by atoms with van der Waals surface area (Å²) in [5.41, 5.74) is 4.31. The summed E-state index contributed by atoms with van der Waals surface area (Å²) >= 11 is 0. The monoisotopic (exact) mass is 186 g/mol. The van der Waals surface area contributed by atoms with Gasteiger partial charge in [0.05, 0.1) is 13.7 Å². The van der Waals surface area contributed by atoms with Crippen molar-refractivity contribution in [2.75, 3.05) is 13.7 Å². The van der Waals surface area contributed by atoms with Gasteiger partial charge < -0.3 is 15.6 Å². The highest BCUT2D eigenvalue weighted by Gasteiger charge is 2.10. The summed E-state index contributed by atoms with van der Waals surface area (Å²) in [6.07, 6.45) is 0. The third kappa shape index (κ3) is 2.40. The lowest BCUT2D eigenvalue weighted by atomic mass is 10.1. The molecule has 4 N–H and O–H groups in total. The minimum atomic E-state index is -0.378. The van der Waals surface area contributed by atoms with Gasteiger partial charge >= 0.3 is 0 Å². The van der Waals surface area contributed by atoms with Gasteiger partial charge in [-0.05, 0) is 12.1 Å². The first-order chi connectivity index (χ1) is 6.17. The van der Waals surface area contributed by atoms with Gasteiger partial charge in [-0.2, -0.15) is 0 Å². The number of quaternary nitrogens is 1. The fourth-order valence-corrected chi connectivity index (χ4v) is 1.04. The van der Waals surface area contributed by atoms with E-state index < -0.39 is 0 Å². The van der Waals surface area contributed by atoms with Crippen molar-refractivity contribution in [3.63, 3.8) is 0 Å². The Labute approximate surface area is 75.9 Å². The van der Waals surface area contributed by atoms with Gasteiger partial charge in [0.15, 0.2) is 0 Å². The predicted molar refractivity (Wildman–Crippen MR) is 45.7 cm³/mol. The molecule has 0 aliphatic rings. The second-order valence-electron chi connectivity index (χ2n) is 2.80. The number of hydrogen-bond acceptors (Lipinski definition) is 2. The van der Waals surface area contributed by atoms with Crippen LogP contribution in [0.25, 0.3) is 0 Å². The quantitative estimate of drug-likeness (QED) is 0.704. The molecule has 4 heteroatoms. The maximum absolute atomic E-state index is 12.9. The van der Waals surface area contributed by atoms with E-state index in [-0.39, 0.29) is 18.5 Å².